The first-order valence-electron chi connectivity index (χ1n) is 8.49. The number of nitrogens with zero attached hydrogens (tertiary/aromatic N) is 2. The minimum absolute atomic E-state index is 0.0219. The molecule has 0 saturated heterocycles. The zero-order valence-electron chi connectivity index (χ0n) is 15.2. The van der Waals surface area contributed by atoms with Gasteiger partial charge in [-0.05, 0) is 43.9 Å². The molecule has 0 aliphatic rings. The first-order chi connectivity index (χ1) is 11.7. The molecule has 1 heterocycles. The normalized spacial score (nSPS) is 13.7. The van der Waals surface area contributed by atoms with Gasteiger partial charge in [0.1, 0.15) is 11.4 Å². The molecule has 1 unspecified atom stereocenters. The summed E-state index contributed by atoms with van der Waals surface area (Å²) in [6.07, 6.45) is 2.54. The maximum atomic E-state index is 13.0. The summed E-state index contributed by atoms with van der Waals surface area (Å²) >= 11 is 0. The number of rotatable bonds is 7. The van der Waals surface area contributed by atoms with Gasteiger partial charge in [0.2, 0.25) is 0 Å². The third-order valence-electron chi connectivity index (χ3n) is 4.33. The van der Waals surface area contributed by atoms with Crippen LogP contribution in [0, 0.1) is 18.7 Å². The van der Waals surface area contributed by atoms with Crippen molar-refractivity contribution < 1.29 is 14.3 Å². The lowest BCUT2D eigenvalue weighted by molar-refractivity contribution is 0.0525. The Morgan fingerprint density at radius 3 is 2.60 bits per heavy atom. The summed E-state index contributed by atoms with van der Waals surface area (Å²) in [6, 6.07) is 5.59. The van der Waals surface area contributed by atoms with Crippen LogP contribution in [0.2, 0.25) is 0 Å². The fourth-order valence-corrected chi connectivity index (χ4v) is 2.53. The van der Waals surface area contributed by atoms with Gasteiger partial charge in [-0.3, -0.25) is 9.48 Å². The Labute approximate surface area is 147 Å². The second-order valence-corrected chi connectivity index (χ2v) is 7.01. The largest absolute Gasteiger partial charge is 0.384 e. The average molecular weight is 347 g/mol. The molecule has 0 aliphatic carbocycles. The van der Waals surface area contributed by atoms with E-state index in [-0.39, 0.29) is 18.3 Å². The SMILES string of the molecule is Cc1c(C(=O)NCC(C)(O)c2ccc(F)cc2)cnn1CCC(C)C. The molecule has 1 aromatic carbocycles. The van der Waals surface area contributed by atoms with E-state index in [1.54, 1.807) is 13.1 Å². The predicted molar refractivity (Wildman–Crippen MR) is 94.7 cm³/mol. The van der Waals surface area contributed by atoms with Crippen LogP contribution in [0.3, 0.4) is 0 Å². The van der Waals surface area contributed by atoms with E-state index in [0.717, 1.165) is 18.7 Å². The molecule has 0 radical (unpaired) electrons. The summed E-state index contributed by atoms with van der Waals surface area (Å²) < 4.78 is 14.8. The van der Waals surface area contributed by atoms with Crippen molar-refractivity contribution in [3.05, 3.63) is 53.1 Å². The molecular formula is C19H26FN3O2. The van der Waals surface area contributed by atoms with Crippen LogP contribution in [-0.4, -0.2) is 27.3 Å². The summed E-state index contributed by atoms with van der Waals surface area (Å²) in [5.41, 5.74) is 0.557. The quantitative estimate of drug-likeness (QED) is 0.809. The van der Waals surface area contributed by atoms with Crippen LogP contribution in [0.4, 0.5) is 4.39 Å². The number of hydrogen-bond acceptors (Lipinski definition) is 3. The van der Waals surface area contributed by atoms with E-state index >= 15 is 0 Å². The molecule has 0 fully saturated rings. The van der Waals surface area contributed by atoms with Crippen LogP contribution in [0.1, 0.15) is 48.8 Å². The lowest BCUT2D eigenvalue weighted by Crippen LogP contribution is -2.38. The molecule has 2 aromatic rings. The van der Waals surface area contributed by atoms with Crippen molar-refractivity contribution in [2.24, 2.45) is 5.92 Å². The zero-order chi connectivity index (χ0) is 18.6. The number of hydrogen-bond donors (Lipinski definition) is 2. The summed E-state index contributed by atoms with van der Waals surface area (Å²) in [5, 5.41) is 17.5. The second-order valence-electron chi connectivity index (χ2n) is 7.01. The topological polar surface area (TPSA) is 67.2 Å². The molecule has 1 amide bonds. The Morgan fingerprint density at radius 2 is 2.00 bits per heavy atom. The molecule has 136 valence electrons. The summed E-state index contributed by atoms with van der Waals surface area (Å²) in [6.45, 7) is 8.52. The van der Waals surface area contributed by atoms with E-state index in [1.807, 2.05) is 11.6 Å². The Bertz CT molecular complexity index is 721. The molecule has 0 aliphatic heterocycles. The predicted octanol–water partition coefficient (Wildman–Crippen LogP) is 3.01. The third-order valence-corrected chi connectivity index (χ3v) is 4.33. The first-order valence-corrected chi connectivity index (χ1v) is 8.49. The number of aromatic nitrogens is 2. The molecule has 6 heteroatoms. The number of carbonyl (C=O) groups excluding carboxylic acids is 1. The summed E-state index contributed by atoms with van der Waals surface area (Å²) in [5.74, 6) is -0.0876. The van der Waals surface area contributed by atoms with Gasteiger partial charge in [-0.15, -0.1) is 0 Å². The number of benzene rings is 1. The van der Waals surface area contributed by atoms with Gasteiger partial charge in [0.15, 0.2) is 0 Å². The van der Waals surface area contributed by atoms with Gasteiger partial charge in [0, 0.05) is 12.2 Å². The van der Waals surface area contributed by atoms with Crippen LogP contribution < -0.4 is 5.32 Å². The van der Waals surface area contributed by atoms with Crippen molar-refractivity contribution in [1.29, 1.82) is 0 Å². The Morgan fingerprint density at radius 1 is 1.36 bits per heavy atom. The standard InChI is InChI=1S/C19H26FN3O2/c1-13(2)9-10-23-14(3)17(11-22-23)18(24)21-12-19(4,25)15-5-7-16(20)8-6-15/h5-8,11,13,25H,9-10,12H2,1-4H3,(H,21,24). The smallest absolute Gasteiger partial charge is 0.254 e. The van der Waals surface area contributed by atoms with E-state index in [9.17, 15) is 14.3 Å². The number of amides is 1. The van der Waals surface area contributed by atoms with Gasteiger partial charge in [-0.25, -0.2) is 4.39 Å². The van der Waals surface area contributed by atoms with E-state index in [4.69, 9.17) is 0 Å². The number of halogens is 1. The lowest BCUT2D eigenvalue weighted by Gasteiger charge is -2.24. The minimum Gasteiger partial charge on any atom is -0.384 e. The molecule has 1 atom stereocenters. The molecule has 1 aromatic heterocycles. The highest BCUT2D eigenvalue weighted by Gasteiger charge is 2.25. The van der Waals surface area contributed by atoms with Crippen LogP contribution in [-0.2, 0) is 12.1 Å². The van der Waals surface area contributed by atoms with Crippen molar-refractivity contribution >= 4 is 5.91 Å². The zero-order valence-corrected chi connectivity index (χ0v) is 15.2. The van der Waals surface area contributed by atoms with Gasteiger partial charge < -0.3 is 10.4 Å². The number of aryl methyl sites for hydroxylation is 1. The summed E-state index contributed by atoms with van der Waals surface area (Å²) in [7, 11) is 0. The van der Waals surface area contributed by atoms with E-state index in [1.165, 1.54) is 24.3 Å². The molecule has 5 nitrogen and oxygen atoms in total. The van der Waals surface area contributed by atoms with Crippen molar-refractivity contribution in [3.8, 4) is 0 Å². The molecule has 0 saturated carbocycles. The fraction of sp³-hybridized carbons (Fsp3) is 0.474. The van der Waals surface area contributed by atoms with Crippen LogP contribution in [0.15, 0.2) is 30.5 Å². The summed E-state index contributed by atoms with van der Waals surface area (Å²) in [4.78, 5) is 12.4. The molecule has 2 rings (SSSR count). The first kappa shape index (κ1) is 19.1. The van der Waals surface area contributed by atoms with Crippen LogP contribution in [0.5, 0.6) is 0 Å². The van der Waals surface area contributed by atoms with Crippen LogP contribution in [0.25, 0.3) is 0 Å². The highest BCUT2D eigenvalue weighted by Crippen LogP contribution is 2.20. The second kappa shape index (κ2) is 7.78. The Balaban J connectivity index is 2.01. The van der Waals surface area contributed by atoms with Gasteiger partial charge in [0.25, 0.3) is 5.91 Å². The molecule has 0 spiro atoms. The molecule has 25 heavy (non-hydrogen) atoms. The number of aliphatic hydroxyl groups is 1. The van der Waals surface area contributed by atoms with E-state index in [2.05, 4.69) is 24.3 Å². The lowest BCUT2D eigenvalue weighted by atomic mass is 9.96. The minimum atomic E-state index is -1.29. The molecular weight excluding hydrogens is 321 g/mol. The monoisotopic (exact) mass is 347 g/mol. The van der Waals surface area contributed by atoms with E-state index < -0.39 is 5.60 Å². The maximum Gasteiger partial charge on any atom is 0.254 e. The highest BCUT2D eigenvalue weighted by molar-refractivity contribution is 5.95. The van der Waals surface area contributed by atoms with Crippen LogP contribution >= 0.6 is 0 Å². The van der Waals surface area contributed by atoms with E-state index in [0.29, 0.717) is 17.0 Å². The van der Waals surface area contributed by atoms with Crippen molar-refractivity contribution in [3.63, 3.8) is 0 Å². The average Bonchev–Trinajstić information content (AvgIpc) is 2.92. The number of nitrogens with one attached hydrogen (secondary N) is 1. The third kappa shape index (κ3) is 4.89. The Hall–Kier alpha value is -2.21. The maximum absolute atomic E-state index is 13.0. The van der Waals surface area contributed by atoms with Crippen molar-refractivity contribution in [1.82, 2.24) is 15.1 Å². The highest BCUT2D eigenvalue weighted by atomic mass is 19.1. The Kier molecular flexibility index (Phi) is 5.95. The van der Waals surface area contributed by atoms with Crippen molar-refractivity contribution in [2.75, 3.05) is 6.54 Å². The van der Waals surface area contributed by atoms with Gasteiger partial charge in [-0.1, -0.05) is 26.0 Å². The van der Waals surface area contributed by atoms with Crippen molar-refractivity contribution in [2.45, 2.75) is 46.3 Å². The van der Waals surface area contributed by atoms with Gasteiger partial charge in [0.05, 0.1) is 18.3 Å². The molecule has 2 N–H and O–H groups in total. The van der Waals surface area contributed by atoms with Gasteiger partial charge >= 0.3 is 0 Å². The molecule has 0 bridgehead atoms. The van der Waals surface area contributed by atoms with Gasteiger partial charge in [-0.2, -0.15) is 5.10 Å². The number of carbonyl (C=O) groups is 1. The fourth-order valence-electron chi connectivity index (χ4n) is 2.53.